The van der Waals surface area contributed by atoms with E-state index in [1.807, 2.05) is 0 Å². The Hall–Kier alpha value is -2.17. The van der Waals surface area contributed by atoms with Crippen LogP contribution in [0.1, 0.15) is 6.42 Å². The van der Waals surface area contributed by atoms with E-state index in [0.29, 0.717) is 6.54 Å². The van der Waals surface area contributed by atoms with Crippen LogP contribution in [0.25, 0.3) is 0 Å². The lowest BCUT2D eigenvalue weighted by Gasteiger charge is -2.01. The van der Waals surface area contributed by atoms with Gasteiger partial charge in [0.1, 0.15) is 0 Å². The van der Waals surface area contributed by atoms with Crippen LogP contribution >= 0.6 is 0 Å². The molecule has 5 heteroatoms. The molecule has 0 fully saturated rings. The third kappa shape index (κ3) is 6.83. The fourth-order valence-electron chi connectivity index (χ4n) is 1.01. The summed E-state index contributed by atoms with van der Waals surface area (Å²) in [6, 6.07) is 0. The Bertz CT molecular complexity index is 381. The fourth-order valence-corrected chi connectivity index (χ4v) is 1.01. The number of aliphatic imine (C=N–C) groups is 1. The van der Waals surface area contributed by atoms with E-state index in [0.717, 1.165) is 0 Å². The number of hydrogen-bond acceptors (Lipinski definition) is 4. The van der Waals surface area contributed by atoms with Crippen LogP contribution in [0.4, 0.5) is 0 Å². The summed E-state index contributed by atoms with van der Waals surface area (Å²) in [7, 11) is 0. The van der Waals surface area contributed by atoms with Crippen LogP contribution in [-0.4, -0.2) is 31.1 Å². The number of amides is 1. The van der Waals surface area contributed by atoms with Crippen molar-refractivity contribution in [1.82, 2.24) is 5.32 Å². The van der Waals surface area contributed by atoms with E-state index >= 15 is 0 Å². The monoisotopic (exact) mass is 234 g/mol. The Balaban J connectivity index is 2.56. The van der Waals surface area contributed by atoms with Gasteiger partial charge in [0.2, 0.25) is 0 Å². The van der Waals surface area contributed by atoms with Crippen molar-refractivity contribution in [3.05, 3.63) is 36.8 Å². The van der Waals surface area contributed by atoms with E-state index in [4.69, 9.17) is 4.74 Å². The maximum Gasteiger partial charge on any atom is 0.258 e. The molecule has 1 rings (SSSR count). The molecule has 1 N–H and O–H groups in total. The van der Waals surface area contributed by atoms with Gasteiger partial charge in [0, 0.05) is 25.4 Å². The minimum Gasteiger partial charge on any atom is -0.491 e. The summed E-state index contributed by atoms with van der Waals surface area (Å²) in [5, 5.41) is 2.58. The molecular weight excluding hydrogens is 220 g/mol. The molecule has 1 heterocycles. The lowest BCUT2D eigenvalue weighted by Crippen LogP contribution is -2.27. The van der Waals surface area contributed by atoms with Crippen LogP contribution in [0.2, 0.25) is 0 Å². The minimum atomic E-state index is -0.234. The molecule has 0 saturated heterocycles. The van der Waals surface area contributed by atoms with Crippen LogP contribution in [-0.2, 0) is 14.3 Å². The number of allylic oxidation sites excluding steroid dienone is 3. The van der Waals surface area contributed by atoms with E-state index < -0.39 is 0 Å². The Morgan fingerprint density at radius 2 is 2.18 bits per heavy atom. The Morgan fingerprint density at radius 3 is 3.06 bits per heavy atom. The number of ketones is 1. The van der Waals surface area contributed by atoms with Crippen molar-refractivity contribution in [1.29, 1.82) is 0 Å². The number of ether oxygens (including phenoxy) is 1. The average Bonchev–Trinajstić information content (AvgIpc) is 2.32. The van der Waals surface area contributed by atoms with Crippen LogP contribution in [0.15, 0.2) is 41.8 Å². The Morgan fingerprint density at radius 1 is 1.29 bits per heavy atom. The maximum absolute atomic E-state index is 11.2. The Kier molecular flexibility index (Phi) is 6.10. The summed E-state index contributed by atoms with van der Waals surface area (Å²) in [5.41, 5.74) is 0. The van der Waals surface area contributed by atoms with E-state index in [9.17, 15) is 9.59 Å². The standard InChI is InChI=1S/C12H14N2O3/c15-11-4-3-7-14-12(16)10-17-9-2-1-6-13-8-5-11/h1-4,6,8-9H,5,7,10H2,(H,14,16)/b4-3-,6-1-,9-2-,13-8?. The van der Waals surface area contributed by atoms with Gasteiger partial charge < -0.3 is 10.1 Å². The minimum absolute atomic E-state index is 0.0462. The van der Waals surface area contributed by atoms with Crippen molar-refractivity contribution in [2.45, 2.75) is 6.42 Å². The molecule has 0 saturated carbocycles. The zero-order valence-corrected chi connectivity index (χ0v) is 9.33. The highest BCUT2D eigenvalue weighted by molar-refractivity contribution is 5.99. The molecule has 0 spiro atoms. The molecule has 5 nitrogen and oxygen atoms in total. The van der Waals surface area contributed by atoms with Gasteiger partial charge in [0.15, 0.2) is 12.4 Å². The fraction of sp³-hybridized carbons (Fsp3) is 0.250. The zero-order valence-electron chi connectivity index (χ0n) is 9.33. The maximum atomic E-state index is 11.2. The lowest BCUT2D eigenvalue weighted by atomic mass is 10.3. The summed E-state index contributed by atoms with van der Waals surface area (Å²) < 4.78 is 4.96. The highest BCUT2D eigenvalue weighted by Gasteiger charge is 1.97. The van der Waals surface area contributed by atoms with Gasteiger partial charge in [-0.15, -0.1) is 0 Å². The molecule has 0 aromatic heterocycles. The third-order valence-corrected chi connectivity index (χ3v) is 1.79. The predicted molar refractivity (Wildman–Crippen MR) is 64.5 cm³/mol. The molecule has 1 amide bonds. The van der Waals surface area contributed by atoms with Gasteiger partial charge in [-0.05, 0) is 18.2 Å². The van der Waals surface area contributed by atoms with Gasteiger partial charge >= 0.3 is 0 Å². The van der Waals surface area contributed by atoms with Gasteiger partial charge in [-0.1, -0.05) is 6.08 Å². The highest BCUT2D eigenvalue weighted by Crippen LogP contribution is 1.86. The van der Waals surface area contributed by atoms with Crippen LogP contribution in [0.5, 0.6) is 0 Å². The molecule has 1 aliphatic rings. The summed E-state index contributed by atoms with van der Waals surface area (Å²) in [5.74, 6) is -0.292. The second kappa shape index (κ2) is 8.04. The van der Waals surface area contributed by atoms with Gasteiger partial charge in [0.05, 0.1) is 6.26 Å². The molecule has 1 aliphatic heterocycles. The molecule has 0 bridgehead atoms. The first-order valence-corrected chi connectivity index (χ1v) is 5.20. The molecule has 0 radical (unpaired) electrons. The second-order valence-electron chi connectivity index (χ2n) is 3.19. The first-order chi connectivity index (χ1) is 8.29. The average molecular weight is 234 g/mol. The first kappa shape index (κ1) is 12.9. The van der Waals surface area contributed by atoms with Crippen LogP contribution in [0.3, 0.4) is 0 Å². The smallest absolute Gasteiger partial charge is 0.258 e. The van der Waals surface area contributed by atoms with Gasteiger partial charge in [-0.3, -0.25) is 14.6 Å². The lowest BCUT2D eigenvalue weighted by molar-refractivity contribution is -0.123. The molecule has 90 valence electrons. The molecule has 17 heavy (non-hydrogen) atoms. The molecule has 0 aromatic rings. The van der Waals surface area contributed by atoms with Crippen molar-refractivity contribution in [3.8, 4) is 0 Å². The zero-order chi connectivity index (χ0) is 12.3. The normalized spacial score (nSPS) is 23.8. The largest absolute Gasteiger partial charge is 0.491 e. The predicted octanol–water partition coefficient (Wildman–Crippen LogP) is 0.746. The van der Waals surface area contributed by atoms with E-state index in [2.05, 4.69) is 10.3 Å². The molecular formula is C12H14N2O3. The van der Waals surface area contributed by atoms with Gasteiger partial charge in [-0.25, -0.2) is 0 Å². The van der Waals surface area contributed by atoms with E-state index in [1.165, 1.54) is 24.8 Å². The first-order valence-electron chi connectivity index (χ1n) is 5.20. The molecule has 0 aliphatic carbocycles. The molecule has 0 aromatic carbocycles. The number of hydrogen-bond donors (Lipinski definition) is 1. The van der Waals surface area contributed by atoms with Gasteiger partial charge in [0.25, 0.3) is 5.91 Å². The van der Waals surface area contributed by atoms with E-state index in [1.54, 1.807) is 18.2 Å². The van der Waals surface area contributed by atoms with Crippen molar-refractivity contribution in [2.24, 2.45) is 4.99 Å². The number of nitrogens with one attached hydrogen (secondary N) is 1. The second-order valence-corrected chi connectivity index (χ2v) is 3.19. The highest BCUT2D eigenvalue weighted by atomic mass is 16.5. The third-order valence-electron chi connectivity index (χ3n) is 1.79. The van der Waals surface area contributed by atoms with E-state index in [-0.39, 0.29) is 24.7 Å². The van der Waals surface area contributed by atoms with Crippen molar-refractivity contribution in [2.75, 3.05) is 13.2 Å². The van der Waals surface area contributed by atoms with Crippen LogP contribution < -0.4 is 5.32 Å². The number of nitrogens with zero attached hydrogens (tertiary/aromatic N) is 1. The summed E-state index contributed by atoms with van der Waals surface area (Å²) in [6.45, 7) is 0.266. The van der Waals surface area contributed by atoms with Crippen molar-refractivity contribution >= 4 is 17.9 Å². The summed E-state index contributed by atoms with van der Waals surface area (Å²) in [4.78, 5) is 26.3. The summed E-state index contributed by atoms with van der Waals surface area (Å²) >= 11 is 0. The number of carbonyl (C=O) groups is 2. The topological polar surface area (TPSA) is 67.8 Å². The van der Waals surface area contributed by atoms with Crippen LogP contribution in [0, 0.1) is 0 Å². The quantitative estimate of drug-likeness (QED) is 0.672. The van der Waals surface area contributed by atoms with Crippen molar-refractivity contribution in [3.63, 3.8) is 0 Å². The van der Waals surface area contributed by atoms with Gasteiger partial charge in [-0.2, -0.15) is 0 Å². The Labute approximate surface area is 99.6 Å². The molecule has 0 atom stereocenters. The van der Waals surface area contributed by atoms with Crippen molar-refractivity contribution < 1.29 is 14.3 Å². The molecule has 0 unspecified atom stereocenters. The summed E-state index contributed by atoms with van der Waals surface area (Å²) in [6.07, 6.45) is 11.0. The number of rotatable bonds is 0. The SMILES string of the molecule is O=C1/C=C\CNC(=O)CO/C=C\C=C/N=CC1. The number of carbonyl (C=O) groups excluding carboxylic acids is 2.